The third-order valence-corrected chi connectivity index (χ3v) is 2.89. The summed E-state index contributed by atoms with van der Waals surface area (Å²) in [6, 6.07) is 0. The molecule has 14 heavy (non-hydrogen) atoms. The molecule has 3 atom stereocenters. The molecule has 0 radical (unpaired) electrons. The van der Waals surface area contributed by atoms with E-state index in [1.165, 1.54) is 0 Å². The van der Waals surface area contributed by atoms with Crippen LogP contribution in [0.5, 0.6) is 0 Å². The van der Waals surface area contributed by atoms with Gasteiger partial charge < -0.3 is 9.84 Å². The predicted octanol–water partition coefficient (Wildman–Crippen LogP) is 0.273. The van der Waals surface area contributed by atoms with Gasteiger partial charge in [-0.1, -0.05) is 5.21 Å². The Bertz CT molecular complexity index is 313. The number of aliphatic hydroxyl groups excluding tert-OH is 1. The number of hydrogen-bond donors (Lipinski definition) is 1. The highest BCUT2D eigenvalue weighted by atomic mass is 16.5. The monoisotopic (exact) mass is 197 g/mol. The molecule has 0 saturated carbocycles. The fourth-order valence-corrected chi connectivity index (χ4v) is 1.95. The predicted molar refractivity (Wildman–Crippen MR) is 49.5 cm³/mol. The lowest BCUT2D eigenvalue weighted by atomic mass is 9.94. The van der Waals surface area contributed by atoms with Crippen LogP contribution < -0.4 is 0 Å². The Balaban J connectivity index is 2.15. The number of nitrogens with zero attached hydrogens (tertiary/aromatic N) is 3. The van der Waals surface area contributed by atoms with Gasteiger partial charge >= 0.3 is 0 Å². The summed E-state index contributed by atoms with van der Waals surface area (Å²) in [5.41, 5.74) is 0.757. The first-order chi connectivity index (χ1) is 6.70. The molecule has 5 heteroatoms. The van der Waals surface area contributed by atoms with Gasteiger partial charge in [0.2, 0.25) is 0 Å². The minimum absolute atomic E-state index is 0.111. The van der Waals surface area contributed by atoms with Crippen molar-refractivity contribution >= 4 is 0 Å². The second-order valence-electron chi connectivity index (χ2n) is 3.76. The summed E-state index contributed by atoms with van der Waals surface area (Å²) in [4.78, 5) is 0. The van der Waals surface area contributed by atoms with Crippen LogP contribution in [0.25, 0.3) is 0 Å². The zero-order chi connectivity index (χ0) is 10.1. The van der Waals surface area contributed by atoms with E-state index >= 15 is 0 Å². The lowest BCUT2D eigenvalue weighted by Crippen LogP contribution is -2.21. The van der Waals surface area contributed by atoms with Crippen molar-refractivity contribution in [1.29, 1.82) is 0 Å². The molecule has 1 aliphatic heterocycles. The number of rotatable bonds is 2. The summed E-state index contributed by atoms with van der Waals surface area (Å²) >= 11 is 0. The maximum Gasteiger partial charge on any atom is 0.103 e. The van der Waals surface area contributed by atoms with Crippen molar-refractivity contribution in [2.24, 2.45) is 13.0 Å². The van der Waals surface area contributed by atoms with Crippen LogP contribution in [0.1, 0.15) is 25.1 Å². The van der Waals surface area contributed by atoms with Crippen molar-refractivity contribution in [3.05, 3.63) is 11.9 Å². The topological polar surface area (TPSA) is 60.2 Å². The maximum absolute atomic E-state index is 10.1. The SMILES string of the molecule is CC1OCCC1C(O)c1cnnn1C. The van der Waals surface area contributed by atoms with E-state index < -0.39 is 6.10 Å². The molecular formula is C9H15N3O2. The highest BCUT2D eigenvalue weighted by Crippen LogP contribution is 2.32. The van der Waals surface area contributed by atoms with Gasteiger partial charge in [-0.25, -0.2) is 4.68 Å². The van der Waals surface area contributed by atoms with Crippen molar-refractivity contribution in [2.45, 2.75) is 25.6 Å². The Kier molecular flexibility index (Phi) is 2.52. The number of aromatic nitrogens is 3. The Hall–Kier alpha value is -0.940. The first-order valence-corrected chi connectivity index (χ1v) is 4.84. The first-order valence-electron chi connectivity index (χ1n) is 4.84. The molecule has 0 aromatic carbocycles. The molecule has 1 N–H and O–H groups in total. The molecule has 1 aromatic heterocycles. The van der Waals surface area contributed by atoms with Crippen molar-refractivity contribution in [2.75, 3.05) is 6.61 Å². The molecule has 0 amide bonds. The van der Waals surface area contributed by atoms with Crippen LogP contribution in [-0.2, 0) is 11.8 Å². The van der Waals surface area contributed by atoms with Crippen LogP contribution in [-0.4, -0.2) is 32.8 Å². The van der Waals surface area contributed by atoms with E-state index in [-0.39, 0.29) is 12.0 Å². The smallest absolute Gasteiger partial charge is 0.103 e. The average molecular weight is 197 g/mol. The van der Waals surface area contributed by atoms with Gasteiger partial charge in [0.25, 0.3) is 0 Å². The standard InChI is InChI=1S/C9H15N3O2/c1-6-7(3-4-14-6)9(13)8-5-10-11-12(8)2/h5-7,9,13H,3-4H2,1-2H3. The van der Waals surface area contributed by atoms with Crippen LogP contribution >= 0.6 is 0 Å². The van der Waals surface area contributed by atoms with Gasteiger partial charge in [0.05, 0.1) is 18.0 Å². The van der Waals surface area contributed by atoms with Gasteiger partial charge in [-0.2, -0.15) is 0 Å². The van der Waals surface area contributed by atoms with Crippen molar-refractivity contribution in [1.82, 2.24) is 15.0 Å². The summed E-state index contributed by atoms with van der Waals surface area (Å²) in [5.74, 6) is 0.159. The summed E-state index contributed by atoms with van der Waals surface area (Å²) in [7, 11) is 1.78. The lowest BCUT2D eigenvalue weighted by Gasteiger charge is -2.20. The zero-order valence-electron chi connectivity index (χ0n) is 8.42. The average Bonchev–Trinajstić information content (AvgIpc) is 2.73. The molecule has 1 saturated heterocycles. The molecular weight excluding hydrogens is 182 g/mol. The first kappa shape index (κ1) is 9.61. The molecule has 1 aliphatic rings. The lowest BCUT2D eigenvalue weighted by molar-refractivity contribution is 0.0392. The molecule has 2 rings (SSSR count). The third kappa shape index (κ3) is 1.53. The Morgan fingerprint density at radius 3 is 3.00 bits per heavy atom. The minimum atomic E-state index is -0.521. The molecule has 1 aromatic rings. The van der Waals surface area contributed by atoms with Crippen LogP contribution in [0.3, 0.4) is 0 Å². The van der Waals surface area contributed by atoms with Crippen LogP contribution in [0.2, 0.25) is 0 Å². The Labute approximate surface area is 82.7 Å². The molecule has 0 aliphatic carbocycles. The normalized spacial score (nSPS) is 29.4. The second kappa shape index (κ2) is 3.67. The molecule has 3 unspecified atom stereocenters. The van der Waals surface area contributed by atoms with Crippen molar-refractivity contribution in [3.63, 3.8) is 0 Å². The van der Waals surface area contributed by atoms with E-state index in [9.17, 15) is 5.11 Å². The van der Waals surface area contributed by atoms with E-state index in [1.54, 1.807) is 17.9 Å². The van der Waals surface area contributed by atoms with Crippen LogP contribution in [0, 0.1) is 5.92 Å². The molecule has 0 bridgehead atoms. The van der Waals surface area contributed by atoms with Crippen LogP contribution in [0.4, 0.5) is 0 Å². The number of ether oxygens (including phenoxy) is 1. The van der Waals surface area contributed by atoms with E-state index in [1.807, 2.05) is 6.92 Å². The van der Waals surface area contributed by atoms with Gasteiger partial charge in [0.15, 0.2) is 0 Å². The fourth-order valence-electron chi connectivity index (χ4n) is 1.95. The maximum atomic E-state index is 10.1. The molecule has 2 heterocycles. The quantitative estimate of drug-likeness (QED) is 0.739. The number of hydrogen-bond acceptors (Lipinski definition) is 4. The van der Waals surface area contributed by atoms with Gasteiger partial charge in [-0.05, 0) is 13.3 Å². The summed E-state index contributed by atoms with van der Waals surface area (Å²) in [6.07, 6.45) is 2.09. The third-order valence-electron chi connectivity index (χ3n) is 2.89. The Morgan fingerprint density at radius 2 is 2.50 bits per heavy atom. The number of aliphatic hydroxyl groups is 1. The van der Waals surface area contributed by atoms with Gasteiger partial charge in [0, 0.05) is 19.6 Å². The van der Waals surface area contributed by atoms with Crippen molar-refractivity contribution < 1.29 is 9.84 Å². The summed E-state index contributed by atoms with van der Waals surface area (Å²) in [6.45, 7) is 2.72. The van der Waals surface area contributed by atoms with E-state index in [2.05, 4.69) is 10.3 Å². The van der Waals surface area contributed by atoms with E-state index in [4.69, 9.17) is 4.74 Å². The molecule has 78 valence electrons. The zero-order valence-corrected chi connectivity index (χ0v) is 8.42. The molecule has 5 nitrogen and oxygen atoms in total. The minimum Gasteiger partial charge on any atom is -0.386 e. The molecule has 0 spiro atoms. The molecule has 1 fully saturated rings. The second-order valence-corrected chi connectivity index (χ2v) is 3.76. The van der Waals surface area contributed by atoms with E-state index in [0.29, 0.717) is 0 Å². The summed E-state index contributed by atoms with van der Waals surface area (Å²) < 4.78 is 7.02. The fraction of sp³-hybridized carbons (Fsp3) is 0.778. The Morgan fingerprint density at radius 1 is 1.71 bits per heavy atom. The van der Waals surface area contributed by atoms with Gasteiger partial charge in [-0.15, -0.1) is 5.10 Å². The van der Waals surface area contributed by atoms with Gasteiger partial charge in [-0.3, -0.25) is 0 Å². The summed E-state index contributed by atoms with van der Waals surface area (Å²) in [5, 5.41) is 17.6. The van der Waals surface area contributed by atoms with Crippen LogP contribution in [0.15, 0.2) is 6.20 Å². The highest BCUT2D eigenvalue weighted by Gasteiger charge is 2.33. The highest BCUT2D eigenvalue weighted by molar-refractivity contribution is 5.02. The van der Waals surface area contributed by atoms with E-state index in [0.717, 1.165) is 18.7 Å². The number of aryl methyl sites for hydroxylation is 1. The van der Waals surface area contributed by atoms with Gasteiger partial charge in [0.1, 0.15) is 6.10 Å². The largest absolute Gasteiger partial charge is 0.386 e. The van der Waals surface area contributed by atoms with Crippen molar-refractivity contribution in [3.8, 4) is 0 Å².